The predicted molar refractivity (Wildman–Crippen MR) is 103 cm³/mol. The van der Waals surface area contributed by atoms with Gasteiger partial charge in [0.2, 0.25) is 0 Å². The second-order valence-electron chi connectivity index (χ2n) is 8.80. The second kappa shape index (κ2) is 4.99. The maximum absolute atomic E-state index is 2.60. The third-order valence-corrected chi connectivity index (χ3v) is 5.76. The van der Waals surface area contributed by atoms with E-state index in [-0.39, 0.29) is 10.8 Å². The topological polar surface area (TPSA) is 3.24 Å². The largest absolute Gasteiger partial charge is 0.360 e. The van der Waals surface area contributed by atoms with Gasteiger partial charge in [-0.3, -0.25) is 0 Å². The van der Waals surface area contributed by atoms with Crippen LogP contribution in [0.15, 0.2) is 54.6 Å². The number of fused-ring (bicyclic) bond motifs is 4. The van der Waals surface area contributed by atoms with E-state index in [1.54, 1.807) is 0 Å². The second-order valence-corrected chi connectivity index (χ2v) is 8.80. The summed E-state index contributed by atoms with van der Waals surface area (Å²) in [5.74, 6) is 0. The van der Waals surface area contributed by atoms with Crippen molar-refractivity contribution >= 4 is 11.3 Å². The molecular formula is C23H27N. The summed E-state index contributed by atoms with van der Waals surface area (Å²) in [7, 11) is 0. The van der Waals surface area contributed by atoms with E-state index in [0.29, 0.717) is 6.04 Å². The lowest BCUT2D eigenvalue weighted by Crippen LogP contribution is -2.39. The Morgan fingerprint density at radius 1 is 0.958 bits per heavy atom. The normalized spacial score (nSPS) is 21.5. The van der Waals surface area contributed by atoms with Gasteiger partial charge in [0, 0.05) is 17.6 Å². The van der Waals surface area contributed by atoms with Gasteiger partial charge >= 0.3 is 0 Å². The third-order valence-electron chi connectivity index (χ3n) is 5.76. The Kier molecular flexibility index (Phi) is 3.22. The van der Waals surface area contributed by atoms with Crippen LogP contribution in [-0.2, 0) is 12.0 Å². The molecule has 4 rings (SSSR count). The first-order valence-electron chi connectivity index (χ1n) is 8.97. The average molecular weight is 317 g/mol. The maximum Gasteiger partial charge on any atom is 0.0575 e. The summed E-state index contributed by atoms with van der Waals surface area (Å²) in [6.45, 7) is 12.8. The molecule has 0 saturated carbocycles. The lowest BCUT2D eigenvalue weighted by atomic mass is 9.75. The molecule has 0 aliphatic carbocycles. The van der Waals surface area contributed by atoms with Crippen molar-refractivity contribution in [3.63, 3.8) is 0 Å². The molecule has 0 bridgehead atoms. The molecule has 1 unspecified atom stereocenters. The Balaban J connectivity index is 1.97. The molecule has 2 aliphatic rings. The predicted octanol–water partition coefficient (Wildman–Crippen LogP) is 5.80. The van der Waals surface area contributed by atoms with Gasteiger partial charge in [-0.2, -0.15) is 0 Å². The Morgan fingerprint density at radius 3 is 2.38 bits per heavy atom. The van der Waals surface area contributed by atoms with Gasteiger partial charge in [0.25, 0.3) is 0 Å². The van der Waals surface area contributed by atoms with E-state index in [0.717, 1.165) is 6.54 Å². The van der Waals surface area contributed by atoms with E-state index in [9.17, 15) is 0 Å². The summed E-state index contributed by atoms with van der Waals surface area (Å²) < 4.78 is 0. The van der Waals surface area contributed by atoms with Crippen molar-refractivity contribution in [3.05, 3.63) is 71.3 Å². The maximum atomic E-state index is 2.60. The molecule has 1 atom stereocenters. The lowest BCUT2D eigenvalue weighted by Gasteiger charge is -2.32. The standard InChI is InChI=1S/C23H27N/c1-22(2,3)19-14-21-23(4,5)18-12-8-9-13-20(18)24(21)15-16-10-6-7-11-17(16)19/h6-14,21H,15H2,1-5H3. The molecule has 0 saturated heterocycles. The van der Waals surface area contributed by atoms with Crippen molar-refractivity contribution in [2.75, 3.05) is 4.90 Å². The van der Waals surface area contributed by atoms with Crippen molar-refractivity contribution in [2.24, 2.45) is 5.41 Å². The Hall–Kier alpha value is -2.02. The van der Waals surface area contributed by atoms with E-state index in [1.165, 1.54) is 28.0 Å². The Bertz CT molecular complexity index is 820. The van der Waals surface area contributed by atoms with Crippen LogP contribution in [0.5, 0.6) is 0 Å². The summed E-state index contributed by atoms with van der Waals surface area (Å²) in [6, 6.07) is 18.3. The van der Waals surface area contributed by atoms with E-state index < -0.39 is 0 Å². The van der Waals surface area contributed by atoms with Gasteiger partial charge in [-0.25, -0.2) is 0 Å². The van der Waals surface area contributed by atoms with E-state index in [4.69, 9.17) is 0 Å². The van der Waals surface area contributed by atoms with Crippen LogP contribution in [0.25, 0.3) is 5.57 Å². The number of anilines is 1. The molecular weight excluding hydrogens is 290 g/mol. The fourth-order valence-electron chi connectivity index (χ4n) is 4.46. The van der Waals surface area contributed by atoms with E-state index in [2.05, 4.69) is 94.1 Å². The minimum Gasteiger partial charge on any atom is -0.360 e. The van der Waals surface area contributed by atoms with Crippen LogP contribution in [0, 0.1) is 5.41 Å². The fraction of sp³-hybridized carbons (Fsp3) is 0.391. The van der Waals surface area contributed by atoms with Crippen molar-refractivity contribution in [3.8, 4) is 0 Å². The molecule has 1 nitrogen and oxygen atoms in total. The summed E-state index contributed by atoms with van der Waals surface area (Å²) in [6.07, 6.45) is 2.55. The SMILES string of the molecule is CC(C)(C)C1=CC2N(Cc3ccccc31)c1ccccc1C2(C)C. The number of nitrogens with zero attached hydrogens (tertiary/aromatic N) is 1. The van der Waals surface area contributed by atoms with Gasteiger partial charge in [0.1, 0.15) is 0 Å². The van der Waals surface area contributed by atoms with Gasteiger partial charge in [-0.15, -0.1) is 0 Å². The highest BCUT2D eigenvalue weighted by molar-refractivity contribution is 5.78. The van der Waals surface area contributed by atoms with Gasteiger partial charge in [-0.05, 0) is 33.7 Å². The van der Waals surface area contributed by atoms with Crippen molar-refractivity contribution in [1.82, 2.24) is 0 Å². The van der Waals surface area contributed by atoms with E-state index >= 15 is 0 Å². The lowest BCUT2D eigenvalue weighted by molar-refractivity contribution is 0.472. The van der Waals surface area contributed by atoms with Gasteiger partial charge in [0.05, 0.1) is 6.04 Å². The minimum absolute atomic E-state index is 0.120. The first kappa shape index (κ1) is 15.5. The monoisotopic (exact) mass is 317 g/mol. The van der Waals surface area contributed by atoms with Gasteiger partial charge in [0.15, 0.2) is 0 Å². The molecule has 0 amide bonds. The zero-order valence-corrected chi connectivity index (χ0v) is 15.4. The van der Waals surface area contributed by atoms with Crippen LogP contribution in [0.4, 0.5) is 5.69 Å². The van der Waals surface area contributed by atoms with Crippen molar-refractivity contribution < 1.29 is 0 Å². The summed E-state index contributed by atoms with van der Waals surface area (Å²) in [4.78, 5) is 2.60. The fourth-order valence-corrected chi connectivity index (χ4v) is 4.46. The summed E-state index contributed by atoms with van der Waals surface area (Å²) in [5, 5.41) is 0. The average Bonchev–Trinajstić information content (AvgIpc) is 2.67. The number of hydrogen-bond acceptors (Lipinski definition) is 1. The number of benzene rings is 2. The molecule has 0 spiro atoms. The Labute approximate surface area is 146 Å². The van der Waals surface area contributed by atoms with Crippen LogP contribution in [-0.4, -0.2) is 6.04 Å². The number of allylic oxidation sites excluding steroid dienone is 1. The summed E-state index contributed by atoms with van der Waals surface area (Å²) >= 11 is 0. The van der Waals surface area contributed by atoms with Crippen molar-refractivity contribution in [2.45, 2.75) is 52.6 Å². The van der Waals surface area contributed by atoms with Crippen LogP contribution >= 0.6 is 0 Å². The van der Waals surface area contributed by atoms with Gasteiger partial charge < -0.3 is 4.90 Å². The first-order valence-corrected chi connectivity index (χ1v) is 8.97. The molecule has 0 aromatic heterocycles. The molecule has 2 aliphatic heterocycles. The van der Waals surface area contributed by atoms with Crippen LogP contribution < -0.4 is 4.90 Å². The highest BCUT2D eigenvalue weighted by Crippen LogP contribution is 2.50. The zero-order chi connectivity index (χ0) is 17.1. The highest BCUT2D eigenvalue weighted by Gasteiger charge is 2.45. The third kappa shape index (κ3) is 2.14. The zero-order valence-electron chi connectivity index (χ0n) is 15.4. The van der Waals surface area contributed by atoms with Crippen LogP contribution in [0.2, 0.25) is 0 Å². The quantitative estimate of drug-likeness (QED) is 0.594. The highest BCUT2D eigenvalue weighted by atomic mass is 15.2. The minimum atomic E-state index is 0.120. The smallest absolute Gasteiger partial charge is 0.0575 e. The molecule has 2 aromatic carbocycles. The molecule has 24 heavy (non-hydrogen) atoms. The number of hydrogen-bond donors (Lipinski definition) is 0. The molecule has 2 aromatic rings. The molecule has 2 heterocycles. The molecule has 0 N–H and O–H groups in total. The Morgan fingerprint density at radius 2 is 1.62 bits per heavy atom. The number of rotatable bonds is 0. The van der Waals surface area contributed by atoms with Crippen LogP contribution in [0.1, 0.15) is 51.3 Å². The number of para-hydroxylation sites is 1. The van der Waals surface area contributed by atoms with E-state index in [1.807, 2.05) is 0 Å². The first-order chi connectivity index (χ1) is 11.3. The molecule has 0 radical (unpaired) electrons. The van der Waals surface area contributed by atoms with Crippen LogP contribution in [0.3, 0.4) is 0 Å². The van der Waals surface area contributed by atoms with Crippen molar-refractivity contribution in [1.29, 1.82) is 0 Å². The molecule has 124 valence electrons. The molecule has 1 heteroatoms. The summed E-state index contributed by atoms with van der Waals surface area (Å²) in [5.41, 5.74) is 7.46. The molecule has 0 fully saturated rings. The van der Waals surface area contributed by atoms with Gasteiger partial charge in [-0.1, -0.05) is 83.2 Å².